The molecule has 0 radical (unpaired) electrons. The van der Waals surface area contributed by atoms with Gasteiger partial charge in [0.15, 0.2) is 0 Å². The van der Waals surface area contributed by atoms with Gasteiger partial charge in [0, 0.05) is 24.6 Å². The molecule has 2 heterocycles. The Morgan fingerprint density at radius 3 is 2.52 bits per heavy atom. The van der Waals surface area contributed by atoms with E-state index >= 15 is 0 Å². The maximum Gasteiger partial charge on any atom is 0.251 e. The van der Waals surface area contributed by atoms with Crippen LogP contribution >= 0.6 is 0 Å². The number of hydrogen-bond acceptors (Lipinski definition) is 4. The molecule has 2 aliphatic heterocycles. The van der Waals surface area contributed by atoms with Gasteiger partial charge < -0.3 is 21.3 Å². The molecule has 148 valence electrons. The lowest BCUT2D eigenvalue weighted by atomic mass is 9.91. The van der Waals surface area contributed by atoms with Gasteiger partial charge in [-0.05, 0) is 81.9 Å². The molecular formula is C21H32N4O2. The smallest absolute Gasteiger partial charge is 0.251 e. The molecule has 0 saturated carbocycles. The predicted octanol–water partition coefficient (Wildman–Crippen LogP) is 1.47. The van der Waals surface area contributed by atoms with E-state index in [0.29, 0.717) is 12.5 Å². The summed E-state index contributed by atoms with van der Waals surface area (Å²) in [5, 5.41) is 6.45. The van der Waals surface area contributed by atoms with E-state index < -0.39 is 0 Å². The Balaban J connectivity index is 1.35. The molecule has 1 aromatic rings. The number of piperidine rings is 2. The van der Waals surface area contributed by atoms with Crippen molar-refractivity contribution in [2.24, 2.45) is 11.7 Å². The summed E-state index contributed by atoms with van der Waals surface area (Å²) in [5.74, 6) is 0.423. The van der Waals surface area contributed by atoms with Crippen LogP contribution < -0.4 is 16.4 Å². The SMILES string of the molecule is NC(=O)C1CCN(CCCNC(=O)c2ccc(C3CCCNC3)cc2)CC1. The standard InChI is InChI=1S/C21H32N4O2/c22-20(26)17-8-13-25(14-9-17)12-2-11-24-21(27)18-6-4-16(5-7-18)19-3-1-10-23-15-19/h4-7,17,19,23H,1-3,8-15H2,(H2,22,26)(H,24,27). The van der Waals surface area contributed by atoms with Crippen LogP contribution in [0.4, 0.5) is 0 Å². The minimum absolute atomic E-state index is 0.00393. The highest BCUT2D eigenvalue weighted by atomic mass is 16.2. The highest BCUT2D eigenvalue weighted by molar-refractivity contribution is 5.94. The van der Waals surface area contributed by atoms with Gasteiger partial charge in [-0.15, -0.1) is 0 Å². The Morgan fingerprint density at radius 2 is 1.89 bits per heavy atom. The fourth-order valence-electron chi connectivity index (χ4n) is 4.09. The van der Waals surface area contributed by atoms with E-state index in [9.17, 15) is 9.59 Å². The largest absolute Gasteiger partial charge is 0.369 e. The molecule has 0 aromatic heterocycles. The first-order valence-corrected chi connectivity index (χ1v) is 10.2. The average Bonchev–Trinajstić information content (AvgIpc) is 2.72. The molecule has 1 atom stereocenters. The third-order valence-electron chi connectivity index (χ3n) is 5.87. The molecule has 1 unspecified atom stereocenters. The normalized spacial score (nSPS) is 21.7. The number of carbonyl (C=O) groups is 2. The number of nitrogens with one attached hydrogen (secondary N) is 2. The molecular weight excluding hydrogens is 340 g/mol. The molecule has 2 amide bonds. The first-order chi connectivity index (χ1) is 13.1. The van der Waals surface area contributed by atoms with Crippen LogP contribution in [0.25, 0.3) is 0 Å². The van der Waals surface area contributed by atoms with Crippen molar-refractivity contribution in [3.63, 3.8) is 0 Å². The summed E-state index contributed by atoms with van der Waals surface area (Å²) in [6.07, 6.45) is 5.05. The van der Waals surface area contributed by atoms with Crippen molar-refractivity contribution < 1.29 is 9.59 Å². The zero-order valence-electron chi connectivity index (χ0n) is 16.1. The van der Waals surface area contributed by atoms with Gasteiger partial charge in [-0.25, -0.2) is 0 Å². The fourth-order valence-corrected chi connectivity index (χ4v) is 4.09. The third-order valence-corrected chi connectivity index (χ3v) is 5.87. The molecule has 0 spiro atoms. The molecule has 2 aliphatic rings. The molecule has 2 saturated heterocycles. The van der Waals surface area contributed by atoms with Crippen LogP contribution in [0.2, 0.25) is 0 Å². The molecule has 6 nitrogen and oxygen atoms in total. The van der Waals surface area contributed by atoms with E-state index in [0.717, 1.165) is 57.5 Å². The van der Waals surface area contributed by atoms with Crippen LogP contribution in [0.3, 0.4) is 0 Å². The lowest BCUT2D eigenvalue weighted by molar-refractivity contribution is -0.123. The lowest BCUT2D eigenvalue weighted by Gasteiger charge is -2.30. The molecule has 4 N–H and O–H groups in total. The van der Waals surface area contributed by atoms with Crippen LogP contribution in [0.5, 0.6) is 0 Å². The number of primary amides is 1. The number of benzene rings is 1. The quantitative estimate of drug-likeness (QED) is 0.633. The van der Waals surface area contributed by atoms with Crippen molar-refractivity contribution in [2.45, 2.75) is 38.0 Å². The van der Waals surface area contributed by atoms with E-state index in [1.54, 1.807) is 0 Å². The van der Waals surface area contributed by atoms with Gasteiger partial charge in [-0.3, -0.25) is 9.59 Å². The van der Waals surface area contributed by atoms with Crippen LogP contribution in [0.1, 0.15) is 53.9 Å². The van der Waals surface area contributed by atoms with Gasteiger partial charge >= 0.3 is 0 Å². The van der Waals surface area contributed by atoms with Gasteiger partial charge in [0.25, 0.3) is 5.91 Å². The topological polar surface area (TPSA) is 87.5 Å². The van der Waals surface area contributed by atoms with E-state index in [-0.39, 0.29) is 17.7 Å². The minimum Gasteiger partial charge on any atom is -0.369 e. The molecule has 3 rings (SSSR count). The van der Waals surface area contributed by atoms with Crippen molar-refractivity contribution >= 4 is 11.8 Å². The van der Waals surface area contributed by atoms with Crippen LogP contribution in [0, 0.1) is 5.92 Å². The number of rotatable bonds is 7. The second kappa shape index (κ2) is 9.85. The molecule has 1 aromatic carbocycles. The zero-order chi connectivity index (χ0) is 19.1. The highest BCUT2D eigenvalue weighted by Crippen LogP contribution is 2.23. The van der Waals surface area contributed by atoms with E-state index in [2.05, 4.69) is 27.7 Å². The predicted molar refractivity (Wildman–Crippen MR) is 107 cm³/mol. The van der Waals surface area contributed by atoms with Crippen molar-refractivity contribution in [3.8, 4) is 0 Å². The Hall–Kier alpha value is -1.92. The Morgan fingerprint density at radius 1 is 1.15 bits per heavy atom. The van der Waals surface area contributed by atoms with Gasteiger partial charge in [-0.2, -0.15) is 0 Å². The summed E-state index contributed by atoms with van der Waals surface area (Å²) < 4.78 is 0. The average molecular weight is 373 g/mol. The van der Waals surface area contributed by atoms with Crippen LogP contribution in [0.15, 0.2) is 24.3 Å². The van der Waals surface area contributed by atoms with Gasteiger partial charge in [0.2, 0.25) is 5.91 Å². The summed E-state index contributed by atoms with van der Waals surface area (Å²) in [6, 6.07) is 8.06. The van der Waals surface area contributed by atoms with E-state index in [4.69, 9.17) is 5.73 Å². The van der Waals surface area contributed by atoms with E-state index in [1.165, 1.54) is 18.4 Å². The summed E-state index contributed by atoms with van der Waals surface area (Å²) >= 11 is 0. The minimum atomic E-state index is -0.173. The highest BCUT2D eigenvalue weighted by Gasteiger charge is 2.22. The second-order valence-electron chi connectivity index (χ2n) is 7.79. The number of nitrogens with two attached hydrogens (primary N) is 1. The third kappa shape index (κ3) is 5.78. The maximum absolute atomic E-state index is 12.3. The summed E-state index contributed by atoms with van der Waals surface area (Å²) in [7, 11) is 0. The second-order valence-corrected chi connectivity index (χ2v) is 7.79. The number of carbonyl (C=O) groups excluding carboxylic acids is 2. The monoisotopic (exact) mass is 372 g/mol. The molecule has 27 heavy (non-hydrogen) atoms. The van der Waals surface area contributed by atoms with Crippen molar-refractivity contribution in [2.75, 3.05) is 39.3 Å². The number of nitrogens with zero attached hydrogens (tertiary/aromatic N) is 1. The number of likely N-dealkylation sites (tertiary alicyclic amines) is 1. The Bertz CT molecular complexity index is 618. The maximum atomic E-state index is 12.3. The molecule has 2 fully saturated rings. The summed E-state index contributed by atoms with van der Waals surface area (Å²) in [4.78, 5) is 25.9. The Kier molecular flexibility index (Phi) is 7.24. The van der Waals surface area contributed by atoms with Crippen molar-refractivity contribution in [1.29, 1.82) is 0 Å². The first-order valence-electron chi connectivity index (χ1n) is 10.2. The first kappa shape index (κ1) is 19.8. The Labute approximate surface area is 161 Å². The number of hydrogen-bond donors (Lipinski definition) is 3. The van der Waals surface area contributed by atoms with Crippen LogP contribution in [-0.4, -0.2) is 56.0 Å². The fraction of sp³-hybridized carbons (Fsp3) is 0.619. The van der Waals surface area contributed by atoms with Gasteiger partial charge in [0.05, 0.1) is 0 Å². The molecule has 6 heteroatoms. The van der Waals surface area contributed by atoms with E-state index in [1.807, 2.05) is 12.1 Å². The van der Waals surface area contributed by atoms with Gasteiger partial charge in [0.1, 0.15) is 0 Å². The van der Waals surface area contributed by atoms with Crippen molar-refractivity contribution in [1.82, 2.24) is 15.5 Å². The molecule has 0 bridgehead atoms. The summed E-state index contributed by atoms with van der Waals surface area (Å²) in [6.45, 7) is 5.59. The van der Waals surface area contributed by atoms with Gasteiger partial charge in [-0.1, -0.05) is 12.1 Å². The van der Waals surface area contributed by atoms with Crippen LogP contribution in [-0.2, 0) is 4.79 Å². The summed E-state index contributed by atoms with van der Waals surface area (Å²) in [5.41, 5.74) is 7.41. The lowest BCUT2D eigenvalue weighted by Crippen LogP contribution is -2.39. The number of amides is 2. The molecule has 0 aliphatic carbocycles. The van der Waals surface area contributed by atoms with Crippen molar-refractivity contribution in [3.05, 3.63) is 35.4 Å². The zero-order valence-corrected chi connectivity index (χ0v) is 16.1.